The third-order valence-electron chi connectivity index (χ3n) is 13.1. The molecule has 1 atom stereocenters. The third-order valence-corrected chi connectivity index (χ3v) is 13.1. The second kappa shape index (κ2) is 68.7. The van der Waals surface area contributed by atoms with Crippen LogP contribution in [0, 0.1) is 0 Å². The highest BCUT2D eigenvalue weighted by Gasteiger charge is 2.19. The van der Waals surface area contributed by atoms with E-state index in [2.05, 4.69) is 215 Å². The molecule has 6 nitrogen and oxygen atoms in total. The summed E-state index contributed by atoms with van der Waals surface area (Å²) in [6.45, 7) is 6.21. The summed E-state index contributed by atoms with van der Waals surface area (Å²) in [6.07, 6.45) is 105. The maximum Gasteiger partial charge on any atom is 0.306 e. The van der Waals surface area contributed by atoms with Crippen molar-refractivity contribution in [3.05, 3.63) is 194 Å². The Morgan fingerprint density at radius 1 is 0.241 bits per heavy atom. The van der Waals surface area contributed by atoms with Gasteiger partial charge in [0.25, 0.3) is 0 Å². The van der Waals surface area contributed by atoms with E-state index in [-0.39, 0.29) is 44.0 Å². The van der Waals surface area contributed by atoms with Crippen molar-refractivity contribution >= 4 is 17.9 Å². The van der Waals surface area contributed by atoms with Crippen LogP contribution in [-0.2, 0) is 28.6 Å². The van der Waals surface area contributed by atoms with Gasteiger partial charge in [0, 0.05) is 19.3 Å². The van der Waals surface area contributed by atoms with Gasteiger partial charge < -0.3 is 14.2 Å². The number of allylic oxidation sites excluding steroid dienone is 32. The second-order valence-corrected chi connectivity index (χ2v) is 20.9. The van der Waals surface area contributed by atoms with Crippen molar-refractivity contribution in [3.63, 3.8) is 0 Å². The van der Waals surface area contributed by atoms with Gasteiger partial charge in [-0.2, -0.15) is 0 Å². The highest BCUT2D eigenvalue weighted by molar-refractivity contribution is 5.71. The highest BCUT2D eigenvalue weighted by Crippen LogP contribution is 2.14. The van der Waals surface area contributed by atoms with Crippen LogP contribution >= 0.6 is 0 Å². The molecule has 0 saturated heterocycles. The molecule has 1 unspecified atom stereocenters. The van der Waals surface area contributed by atoms with Gasteiger partial charge in [0.05, 0.1) is 0 Å². The Kier molecular flexibility index (Phi) is 64.0. The normalized spacial score (nSPS) is 13.4. The summed E-state index contributed by atoms with van der Waals surface area (Å²) in [5.74, 6) is -1.02. The molecule has 0 amide bonds. The molecular formula is C77H118O6. The first-order chi connectivity index (χ1) is 41.0. The topological polar surface area (TPSA) is 78.9 Å². The lowest BCUT2D eigenvalue weighted by Crippen LogP contribution is -2.30. The maximum atomic E-state index is 12.9. The Hall–Kier alpha value is -5.75. The zero-order valence-electron chi connectivity index (χ0n) is 52.9. The Bertz CT molecular complexity index is 1990. The van der Waals surface area contributed by atoms with E-state index >= 15 is 0 Å². The predicted molar refractivity (Wildman–Crippen MR) is 361 cm³/mol. The molecule has 0 fully saturated rings. The van der Waals surface area contributed by atoms with E-state index in [1.165, 1.54) is 44.9 Å². The van der Waals surface area contributed by atoms with Gasteiger partial charge in [-0.3, -0.25) is 14.4 Å². The Morgan fingerprint density at radius 2 is 0.434 bits per heavy atom. The highest BCUT2D eigenvalue weighted by atomic mass is 16.6. The molecule has 6 heteroatoms. The fourth-order valence-corrected chi connectivity index (χ4v) is 8.26. The molecule has 0 rings (SSSR count). The average molecular weight is 1140 g/mol. The Morgan fingerprint density at radius 3 is 0.699 bits per heavy atom. The SMILES string of the molecule is CC/C=C\C/C=C\C/C=C\C/C=C\C/C=C\C/C=C\C/C=C\C/C=C\CCCCCCCCCCCCC(=O)OCC(COC(=O)CCCC/C=C\C/C=C\C/C=C\C/C=C\CC)OC(=O)CCCC/C=C\C/C=C\C/C=C\C/C=C\CC. The number of hydrogen-bond donors (Lipinski definition) is 0. The van der Waals surface area contributed by atoms with Crippen LogP contribution in [0.4, 0.5) is 0 Å². The first-order valence-electron chi connectivity index (χ1n) is 32.9. The van der Waals surface area contributed by atoms with Crippen molar-refractivity contribution in [1.82, 2.24) is 0 Å². The van der Waals surface area contributed by atoms with Crippen molar-refractivity contribution in [2.45, 2.75) is 258 Å². The van der Waals surface area contributed by atoms with Gasteiger partial charge in [0.1, 0.15) is 13.2 Å². The summed E-state index contributed by atoms with van der Waals surface area (Å²) < 4.78 is 16.8. The number of carbonyl (C=O) groups is 3. The third kappa shape index (κ3) is 66.9. The van der Waals surface area contributed by atoms with Crippen molar-refractivity contribution < 1.29 is 28.6 Å². The number of unbranched alkanes of at least 4 members (excludes halogenated alkanes) is 14. The van der Waals surface area contributed by atoms with Crippen LogP contribution in [0.1, 0.15) is 252 Å². The molecule has 0 N–H and O–H groups in total. The summed E-state index contributed by atoms with van der Waals surface area (Å²) in [4.78, 5) is 38.3. The molecule has 0 bridgehead atoms. The molecular weight excluding hydrogens is 1020 g/mol. The summed E-state index contributed by atoms with van der Waals surface area (Å²) in [5, 5.41) is 0. The monoisotopic (exact) mass is 1140 g/mol. The lowest BCUT2D eigenvalue weighted by atomic mass is 10.1. The summed E-state index contributed by atoms with van der Waals surface area (Å²) >= 11 is 0. The number of rotatable bonds is 57. The van der Waals surface area contributed by atoms with Gasteiger partial charge in [-0.05, 0) is 161 Å². The van der Waals surface area contributed by atoms with Gasteiger partial charge in [0.15, 0.2) is 6.10 Å². The molecule has 0 aromatic carbocycles. The minimum Gasteiger partial charge on any atom is -0.462 e. The Labute approximate surface area is 509 Å². The first kappa shape index (κ1) is 77.2. The van der Waals surface area contributed by atoms with E-state index in [9.17, 15) is 14.4 Å². The predicted octanol–water partition coefficient (Wildman–Crippen LogP) is 23.0. The molecule has 0 spiro atoms. The fraction of sp³-hybridized carbons (Fsp3) is 0.545. The molecule has 83 heavy (non-hydrogen) atoms. The molecule has 0 aromatic rings. The lowest BCUT2D eigenvalue weighted by molar-refractivity contribution is -0.167. The van der Waals surface area contributed by atoms with E-state index in [0.29, 0.717) is 19.3 Å². The maximum absolute atomic E-state index is 12.9. The van der Waals surface area contributed by atoms with Crippen LogP contribution in [0.2, 0.25) is 0 Å². The minimum absolute atomic E-state index is 0.119. The quantitative estimate of drug-likeness (QED) is 0.0261. The summed E-state index contributed by atoms with van der Waals surface area (Å²) in [7, 11) is 0. The number of carbonyl (C=O) groups excluding carboxylic acids is 3. The number of ether oxygens (including phenoxy) is 3. The summed E-state index contributed by atoms with van der Waals surface area (Å²) in [5.41, 5.74) is 0. The van der Waals surface area contributed by atoms with Crippen LogP contribution in [0.5, 0.6) is 0 Å². The average Bonchev–Trinajstić information content (AvgIpc) is 3.49. The van der Waals surface area contributed by atoms with Gasteiger partial charge in [-0.15, -0.1) is 0 Å². The van der Waals surface area contributed by atoms with E-state index < -0.39 is 6.10 Å². The van der Waals surface area contributed by atoms with Crippen LogP contribution in [0.3, 0.4) is 0 Å². The molecule has 0 aliphatic rings. The van der Waals surface area contributed by atoms with Crippen LogP contribution in [-0.4, -0.2) is 37.2 Å². The van der Waals surface area contributed by atoms with Crippen molar-refractivity contribution in [2.75, 3.05) is 13.2 Å². The molecule has 0 aliphatic carbocycles. The molecule has 0 radical (unpaired) electrons. The minimum atomic E-state index is -0.830. The fourth-order valence-electron chi connectivity index (χ4n) is 8.26. The summed E-state index contributed by atoms with van der Waals surface area (Å²) in [6, 6.07) is 0. The zero-order chi connectivity index (χ0) is 59.9. The molecule has 462 valence electrons. The van der Waals surface area contributed by atoms with E-state index in [1.54, 1.807) is 0 Å². The van der Waals surface area contributed by atoms with Gasteiger partial charge >= 0.3 is 17.9 Å². The van der Waals surface area contributed by atoms with Crippen molar-refractivity contribution in [1.29, 1.82) is 0 Å². The largest absolute Gasteiger partial charge is 0.462 e. The van der Waals surface area contributed by atoms with Crippen LogP contribution in [0.15, 0.2) is 194 Å². The standard InChI is InChI=1S/C77H118O6/c1-4-7-10-13-16-19-22-25-28-29-30-31-32-33-34-35-36-37-38-39-40-41-42-43-44-45-46-47-50-52-55-58-61-64-67-70-76(79)82-73-74(83-77(80)71-68-65-62-59-56-53-49-27-24-21-18-15-12-9-6-3)72-81-75(78)69-66-63-60-57-54-51-48-26-23-20-17-14-11-8-5-2/h7-12,16-21,25-28,30-31,33-34,36-37,39-40,42-43,48-49,54,56-57,59,74H,4-6,13-15,22-24,29,32,35,38,41,44-47,50-53,55,58,60-73H2,1-3H3/b10-7-,11-8-,12-9-,19-16-,20-17-,21-18-,28-25-,31-30-,34-33-,37-36-,40-39-,43-42-,48-26-,49-27-,57-54-,59-56-. The number of hydrogen-bond acceptors (Lipinski definition) is 6. The molecule has 0 aliphatic heterocycles. The lowest BCUT2D eigenvalue weighted by Gasteiger charge is -2.18. The van der Waals surface area contributed by atoms with Gasteiger partial charge in [-0.1, -0.05) is 267 Å². The van der Waals surface area contributed by atoms with E-state index in [4.69, 9.17) is 14.2 Å². The number of esters is 3. The second-order valence-electron chi connectivity index (χ2n) is 20.9. The van der Waals surface area contributed by atoms with Crippen LogP contribution < -0.4 is 0 Å². The van der Waals surface area contributed by atoms with Gasteiger partial charge in [0.2, 0.25) is 0 Å². The van der Waals surface area contributed by atoms with Crippen molar-refractivity contribution in [3.8, 4) is 0 Å². The van der Waals surface area contributed by atoms with Gasteiger partial charge in [-0.25, -0.2) is 0 Å². The smallest absolute Gasteiger partial charge is 0.306 e. The first-order valence-corrected chi connectivity index (χ1v) is 32.9. The zero-order valence-corrected chi connectivity index (χ0v) is 52.9. The molecule has 0 heterocycles. The molecule has 0 saturated carbocycles. The van der Waals surface area contributed by atoms with Crippen molar-refractivity contribution in [2.24, 2.45) is 0 Å². The molecule has 0 aromatic heterocycles. The van der Waals surface area contributed by atoms with E-state index in [1.807, 2.05) is 0 Å². The van der Waals surface area contributed by atoms with E-state index in [0.717, 1.165) is 154 Å². The van der Waals surface area contributed by atoms with Crippen LogP contribution in [0.25, 0.3) is 0 Å². The Balaban J connectivity index is 4.34.